The Bertz CT molecular complexity index is 599. The molecule has 5 heteroatoms. The number of benzene rings is 1. The molecule has 24 heavy (non-hydrogen) atoms. The quantitative estimate of drug-likeness (QED) is 0.846. The fraction of sp³-hybridized carbons (Fsp3) is 0.632. The van der Waals surface area contributed by atoms with Crippen molar-refractivity contribution in [1.29, 1.82) is 0 Å². The zero-order chi connectivity index (χ0) is 17.1. The number of ether oxygens (including phenoxy) is 3. The molecule has 1 aromatic carbocycles. The number of methoxy groups -OCH3 is 3. The van der Waals surface area contributed by atoms with E-state index in [0.717, 1.165) is 19.4 Å². The predicted molar refractivity (Wildman–Crippen MR) is 92.1 cm³/mol. The molecule has 0 radical (unpaired) electrons. The van der Waals surface area contributed by atoms with Gasteiger partial charge in [0.05, 0.1) is 26.9 Å². The van der Waals surface area contributed by atoms with Gasteiger partial charge >= 0.3 is 0 Å². The van der Waals surface area contributed by atoms with Crippen LogP contribution in [0.25, 0.3) is 0 Å². The van der Waals surface area contributed by atoms with Crippen LogP contribution in [0.5, 0.6) is 17.2 Å². The highest BCUT2D eigenvalue weighted by molar-refractivity contribution is 5.98. The van der Waals surface area contributed by atoms with E-state index in [1.54, 1.807) is 33.5 Å². The largest absolute Gasteiger partial charge is 0.496 e. The second-order valence-corrected chi connectivity index (χ2v) is 6.66. The van der Waals surface area contributed by atoms with Crippen molar-refractivity contribution in [3.8, 4) is 17.2 Å². The first-order valence-corrected chi connectivity index (χ1v) is 8.80. The van der Waals surface area contributed by atoms with Crippen LogP contribution < -0.4 is 14.2 Å². The standard InChI is InChI=1S/C19H27NO4/c1-22-16-12-18(24-3)17(23-2)11-14(16)19(21)20-10-6-8-13-7-4-5-9-15(13)20/h11-13,15H,4-10H2,1-3H3. The van der Waals surface area contributed by atoms with Crippen LogP contribution in [0.4, 0.5) is 0 Å². The molecule has 1 aliphatic carbocycles. The van der Waals surface area contributed by atoms with Crippen molar-refractivity contribution in [3.05, 3.63) is 17.7 Å². The molecule has 0 aromatic heterocycles. The molecule has 1 saturated heterocycles. The van der Waals surface area contributed by atoms with Crippen LogP contribution in [-0.4, -0.2) is 44.7 Å². The van der Waals surface area contributed by atoms with E-state index in [2.05, 4.69) is 4.90 Å². The second kappa shape index (κ2) is 7.32. The van der Waals surface area contributed by atoms with Gasteiger partial charge in [-0.05, 0) is 31.6 Å². The lowest BCUT2D eigenvalue weighted by Crippen LogP contribution is -2.49. The summed E-state index contributed by atoms with van der Waals surface area (Å²) in [5.74, 6) is 2.36. The van der Waals surface area contributed by atoms with Gasteiger partial charge in [0.2, 0.25) is 0 Å². The topological polar surface area (TPSA) is 48.0 Å². The summed E-state index contributed by atoms with van der Waals surface area (Å²) < 4.78 is 16.1. The van der Waals surface area contributed by atoms with E-state index in [1.807, 2.05) is 0 Å². The highest BCUT2D eigenvalue weighted by atomic mass is 16.5. The SMILES string of the molecule is COc1cc(OC)c(C(=O)N2CCCC3CCCCC32)cc1OC. The Morgan fingerprint density at radius 1 is 0.917 bits per heavy atom. The predicted octanol–water partition coefficient (Wildman–Crippen LogP) is 3.51. The molecular formula is C19H27NO4. The van der Waals surface area contributed by atoms with Gasteiger partial charge in [0.25, 0.3) is 5.91 Å². The monoisotopic (exact) mass is 333 g/mol. The number of fused-ring (bicyclic) bond motifs is 1. The first-order valence-electron chi connectivity index (χ1n) is 8.80. The number of carbonyl (C=O) groups is 1. The van der Waals surface area contributed by atoms with Crippen LogP contribution in [-0.2, 0) is 0 Å². The number of hydrogen-bond acceptors (Lipinski definition) is 4. The van der Waals surface area contributed by atoms with E-state index in [9.17, 15) is 4.79 Å². The van der Waals surface area contributed by atoms with Gasteiger partial charge in [-0.2, -0.15) is 0 Å². The fourth-order valence-corrected chi connectivity index (χ4v) is 4.23. The Morgan fingerprint density at radius 2 is 1.54 bits per heavy atom. The molecule has 1 aliphatic heterocycles. The summed E-state index contributed by atoms with van der Waals surface area (Å²) in [6.45, 7) is 0.831. The molecule has 3 rings (SSSR count). The third-order valence-corrected chi connectivity index (χ3v) is 5.44. The van der Waals surface area contributed by atoms with Crippen LogP contribution in [0.1, 0.15) is 48.9 Å². The van der Waals surface area contributed by atoms with Crippen LogP contribution in [0.3, 0.4) is 0 Å². The molecule has 1 heterocycles. The van der Waals surface area contributed by atoms with Gasteiger partial charge in [-0.3, -0.25) is 4.79 Å². The van der Waals surface area contributed by atoms with Gasteiger partial charge in [0.1, 0.15) is 5.75 Å². The maximum absolute atomic E-state index is 13.3. The van der Waals surface area contributed by atoms with E-state index in [4.69, 9.17) is 14.2 Å². The molecule has 132 valence electrons. The summed E-state index contributed by atoms with van der Waals surface area (Å²) >= 11 is 0. The Balaban J connectivity index is 1.93. The molecule has 1 amide bonds. The maximum Gasteiger partial charge on any atom is 0.258 e. The average molecular weight is 333 g/mol. The minimum absolute atomic E-state index is 0.0457. The molecule has 0 spiro atoms. The minimum atomic E-state index is 0.0457. The molecule has 0 N–H and O–H groups in total. The van der Waals surface area contributed by atoms with E-state index in [0.29, 0.717) is 34.8 Å². The smallest absolute Gasteiger partial charge is 0.258 e. The molecule has 1 aromatic rings. The van der Waals surface area contributed by atoms with Crippen molar-refractivity contribution in [2.24, 2.45) is 5.92 Å². The van der Waals surface area contributed by atoms with Crippen LogP contribution in [0.15, 0.2) is 12.1 Å². The molecule has 2 unspecified atom stereocenters. The summed E-state index contributed by atoms with van der Waals surface area (Å²) in [4.78, 5) is 15.3. The van der Waals surface area contributed by atoms with Crippen molar-refractivity contribution in [1.82, 2.24) is 4.90 Å². The molecular weight excluding hydrogens is 306 g/mol. The van der Waals surface area contributed by atoms with Crippen LogP contribution in [0, 0.1) is 5.92 Å². The highest BCUT2D eigenvalue weighted by Crippen LogP contribution is 2.39. The number of carbonyl (C=O) groups excluding carboxylic acids is 1. The minimum Gasteiger partial charge on any atom is -0.496 e. The highest BCUT2D eigenvalue weighted by Gasteiger charge is 2.37. The second-order valence-electron chi connectivity index (χ2n) is 6.66. The number of nitrogens with zero attached hydrogens (tertiary/aromatic N) is 1. The Labute approximate surface area is 143 Å². The molecule has 2 atom stereocenters. The first-order chi connectivity index (χ1) is 11.7. The van der Waals surface area contributed by atoms with Gasteiger partial charge in [0.15, 0.2) is 11.5 Å². The summed E-state index contributed by atoms with van der Waals surface area (Å²) in [6.07, 6.45) is 7.21. The van der Waals surface area contributed by atoms with Crippen molar-refractivity contribution in [2.45, 2.75) is 44.6 Å². The van der Waals surface area contributed by atoms with Gasteiger partial charge in [0, 0.05) is 24.7 Å². The van der Waals surface area contributed by atoms with Gasteiger partial charge in [-0.25, -0.2) is 0 Å². The summed E-state index contributed by atoms with van der Waals surface area (Å²) in [5.41, 5.74) is 0.557. The van der Waals surface area contributed by atoms with Crippen LogP contribution in [0.2, 0.25) is 0 Å². The number of amides is 1. The van der Waals surface area contributed by atoms with E-state index < -0.39 is 0 Å². The fourth-order valence-electron chi connectivity index (χ4n) is 4.23. The van der Waals surface area contributed by atoms with E-state index >= 15 is 0 Å². The zero-order valence-corrected chi connectivity index (χ0v) is 14.8. The summed E-state index contributed by atoms with van der Waals surface area (Å²) in [6, 6.07) is 3.85. The summed E-state index contributed by atoms with van der Waals surface area (Å²) in [7, 11) is 4.74. The number of rotatable bonds is 4. The van der Waals surface area contributed by atoms with Crippen molar-refractivity contribution in [2.75, 3.05) is 27.9 Å². The zero-order valence-electron chi connectivity index (χ0n) is 14.8. The lowest BCUT2D eigenvalue weighted by atomic mass is 9.78. The molecule has 2 fully saturated rings. The van der Waals surface area contributed by atoms with E-state index in [1.165, 1.54) is 25.7 Å². The Morgan fingerprint density at radius 3 is 2.25 bits per heavy atom. The lowest BCUT2D eigenvalue weighted by molar-refractivity contribution is 0.0387. The third kappa shape index (κ3) is 3.04. The third-order valence-electron chi connectivity index (χ3n) is 5.44. The molecule has 2 aliphatic rings. The number of piperidine rings is 1. The first kappa shape index (κ1) is 16.9. The van der Waals surface area contributed by atoms with Crippen molar-refractivity contribution >= 4 is 5.91 Å². The van der Waals surface area contributed by atoms with Gasteiger partial charge < -0.3 is 19.1 Å². The normalized spacial score (nSPS) is 23.4. The molecule has 5 nitrogen and oxygen atoms in total. The van der Waals surface area contributed by atoms with Gasteiger partial charge in [-0.15, -0.1) is 0 Å². The summed E-state index contributed by atoms with van der Waals surface area (Å²) in [5, 5.41) is 0. The van der Waals surface area contributed by atoms with Crippen LogP contribution >= 0.6 is 0 Å². The number of hydrogen-bond donors (Lipinski definition) is 0. The lowest BCUT2D eigenvalue weighted by Gasteiger charge is -2.44. The average Bonchev–Trinajstić information content (AvgIpc) is 2.65. The molecule has 0 bridgehead atoms. The molecule has 1 saturated carbocycles. The van der Waals surface area contributed by atoms with Gasteiger partial charge in [-0.1, -0.05) is 12.8 Å². The van der Waals surface area contributed by atoms with Crippen molar-refractivity contribution in [3.63, 3.8) is 0 Å². The van der Waals surface area contributed by atoms with E-state index in [-0.39, 0.29) is 5.91 Å². The maximum atomic E-state index is 13.3. The number of likely N-dealkylation sites (tertiary alicyclic amines) is 1. The Kier molecular flexibility index (Phi) is 5.17. The van der Waals surface area contributed by atoms with Crippen molar-refractivity contribution < 1.29 is 19.0 Å². The Hall–Kier alpha value is -1.91.